The molecule has 1 aromatic rings. The third kappa shape index (κ3) is 13.7. The minimum Gasteiger partial charge on any atom is -0.154 e. The summed E-state index contributed by atoms with van der Waals surface area (Å²) >= 11 is 2.06. The maximum Gasteiger partial charge on any atom is 0.0119 e. The molecule has 0 aliphatic carbocycles. The monoisotopic (exact) mass is 466 g/mol. The molecule has 1 aromatic carbocycles. The quantitative estimate of drug-likeness (QED) is 0.111. The number of unbranched alkanes of at least 4 members (excludes halogenated alkanes) is 2. The van der Waals surface area contributed by atoms with Crippen molar-refractivity contribution in [3.63, 3.8) is 0 Å². The van der Waals surface area contributed by atoms with Gasteiger partial charge in [-0.3, -0.25) is 0 Å². The summed E-state index contributed by atoms with van der Waals surface area (Å²) in [6.07, 6.45) is 23.5. The van der Waals surface area contributed by atoms with Crippen molar-refractivity contribution < 1.29 is 0 Å². The molecule has 1 heteroatoms. The van der Waals surface area contributed by atoms with Gasteiger partial charge in [0, 0.05) is 11.0 Å². The molecule has 3 atom stereocenters. The number of thioether (sulfide) groups is 1. The molecule has 0 nitrogen and oxygen atoms in total. The lowest BCUT2D eigenvalue weighted by molar-refractivity contribution is 0.304. The van der Waals surface area contributed by atoms with E-state index in [9.17, 15) is 0 Å². The van der Waals surface area contributed by atoms with Crippen LogP contribution in [-0.2, 0) is 6.42 Å². The molecular formula is C32H50S. The Bertz CT molecular complexity index is 694. The fraction of sp³-hybridized carbons (Fsp3) is 0.562. The molecule has 2 unspecified atom stereocenters. The molecule has 0 amide bonds. The average molecular weight is 467 g/mol. The summed E-state index contributed by atoms with van der Waals surface area (Å²) in [5.41, 5.74) is 4.25. The van der Waals surface area contributed by atoms with E-state index in [4.69, 9.17) is 0 Å². The second-order valence-electron chi connectivity index (χ2n) is 9.61. The van der Waals surface area contributed by atoms with Crippen LogP contribution < -0.4 is 0 Å². The molecule has 184 valence electrons. The zero-order valence-corrected chi connectivity index (χ0v) is 22.8. The van der Waals surface area contributed by atoms with Gasteiger partial charge in [0.2, 0.25) is 0 Å². The van der Waals surface area contributed by atoms with Gasteiger partial charge in [-0.05, 0) is 62.0 Å². The molecule has 0 aliphatic rings. The van der Waals surface area contributed by atoms with Crippen LogP contribution in [-0.4, -0.2) is 11.0 Å². The van der Waals surface area contributed by atoms with E-state index in [-0.39, 0.29) is 0 Å². The molecule has 0 bridgehead atoms. The lowest BCUT2D eigenvalue weighted by atomic mass is 9.81. The number of hydrogen-bond acceptors (Lipinski definition) is 1. The van der Waals surface area contributed by atoms with Crippen molar-refractivity contribution in [1.29, 1.82) is 0 Å². The van der Waals surface area contributed by atoms with Gasteiger partial charge in [0.1, 0.15) is 0 Å². The number of hydrogen-bond donors (Lipinski definition) is 0. The third-order valence-corrected chi connectivity index (χ3v) is 7.88. The molecular weight excluding hydrogens is 416 g/mol. The molecule has 0 saturated heterocycles. The maximum atomic E-state index is 3.96. The highest BCUT2D eigenvalue weighted by atomic mass is 32.2. The zero-order valence-electron chi connectivity index (χ0n) is 22.0. The molecule has 0 fully saturated rings. The Labute approximate surface area is 210 Å². The Morgan fingerprint density at radius 1 is 1.00 bits per heavy atom. The van der Waals surface area contributed by atoms with Crippen LogP contribution in [0.15, 0.2) is 73.4 Å². The Hall–Kier alpha value is -1.47. The summed E-state index contributed by atoms with van der Waals surface area (Å²) in [6, 6.07) is 9.14. The van der Waals surface area contributed by atoms with E-state index in [2.05, 4.69) is 101 Å². The first-order valence-electron chi connectivity index (χ1n) is 13.3. The van der Waals surface area contributed by atoms with Crippen molar-refractivity contribution in [2.24, 2.45) is 11.8 Å². The topological polar surface area (TPSA) is 0 Å². The van der Waals surface area contributed by atoms with E-state index in [1.165, 1.54) is 68.1 Å². The molecule has 0 N–H and O–H groups in total. The molecule has 0 heterocycles. The number of allylic oxidation sites excluding steroid dienone is 5. The van der Waals surface area contributed by atoms with Crippen LogP contribution in [0.3, 0.4) is 0 Å². The molecule has 0 radical (unpaired) electrons. The van der Waals surface area contributed by atoms with Crippen LogP contribution in [0.1, 0.15) is 89.7 Å². The summed E-state index contributed by atoms with van der Waals surface area (Å²) < 4.78 is 0. The molecule has 0 aromatic heterocycles. The number of benzene rings is 1. The lowest BCUT2D eigenvalue weighted by Crippen LogP contribution is -2.15. The standard InChI is InChI=1S/C32H50S/c1-7-11-12-18-31(28(6)26-30-21-19-27(5)20-22-30)24-23-29(14-8-2)17-13-25-33-32(15-9-3)16-10-4/h8-9,13-14,17,19-22,28,31-32H,2-3,7,10-12,15-16,18,23-26H2,1,4-6H3/b17-13-,29-14+/t28?,31-,32?/m1/s1. The van der Waals surface area contributed by atoms with Crippen molar-refractivity contribution in [2.75, 3.05) is 5.75 Å². The van der Waals surface area contributed by atoms with Crippen LogP contribution >= 0.6 is 11.8 Å². The van der Waals surface area contributed by atoms with E-state index in [0.717, 1.165) is 24.5 Å². The van der Waals surface area contributed by atoms with Crippen LogP contribution in [0.5, 0.6) is 0 Å². The van der Waals surface area contributed by atoms with E-state index in [0.29, 0.717) is 11.2 Å². The molecule has 0 spiro atoms. The molecule has 33 heavy (non-hydrogen) atoms. The van der Waals surface area contributed by atoms with E-state index in [1.807, 2.05) is 6.08 Å². The first kappa shape index (κ1) is 29.6. The first-order chi connectivity index (χ1) is 16.0. The highest BCUT2D eigenvalue weighted by Gasteiger charge is 2.18. The summed E-state index contributed by atoms with van der Waals surface area (Å²) in [7, 11) is 0. The van der Waals surface area contributed by atoms with E-state index >= 15 is 0 Å². The summed E-state index contributed by atoms with van der Waals surface area (Å²) in [5.74, 6) is 2.56. The Balaban J connectivity index is 2.68. The Morgan fingerprint density at radius 3 is 2.39 bits per heavy atom. The van der Waals surface area contributed by atoms with Gasteiger partial charge in [-0.2, -0.15) is 11.8 Å². The van der Waals surface area contributed by atoms with Crippen LogP contribution in [0.25, 0.3) is 0 Å². The number of aryl methyl sites for hydroxylation is 1. The largest absolute Gasteiger partial charge is 0.154 e. The fourth-order valence-electron chi connectivity index (χ4n) is 4.53. The normalized spacial score (nSPS) is 14.8. The van der Waals surface area contributed by atoms with Crippen molar-refractivity contribution in [1.82, 2.24) is 0 Å². The van der Waals surface area contributed by atoms with Gasteiger partial charge in [0.05, 0.1) is 0 Å². The highest BCUT2D eigenvalue weighted by molar-refractivity contribution is 8.00. The SMILES string of the molecule is C=C/C=C(\C=C/CSC(CC=C)CCC)CC[C@@H](CCCCC)C(C)Cc1ccc(C)cc1. The van der Waals surface area contributed by atoms with Crippen LogP contribution in [0.4, 0.5) is 0 Å². The van der Waals surface area contributed by atoms with E-state index in [1.54, 1.807) is 0 Å². The zero-order chi connectivity index (χ0) is 24.3. The minimum absolute atomic E-state index is 0.703. The Kier molecular flexibility index (Phi) is 16.9. The smallest absolute Gasteiger partial charge is 0.0119 e. The molecule has 1 rings (SSSR count). The summed E-state index contributed by atoms with van der Waals surface area (Å²) in [4.78, 5) is 0. The predicted molar refractivity (Wildman–Crippen MR) is 154 cm³/mol. The van der Waals surface area contributed by atoms with Gasteiger partial charge < -0.3 is 0 Å². The molecule has 0 aliphatic heterocycles. The van der Waals surface area contributed by atoms with Gasteiger partial charge in [0.15, 0.2) is 0 Å². The van der Waals surface area contributed by atoms with Crippen molar-refractivity contribution in [3.8, 4) is 0 Å². The number of rotatable bonds is 19. The minimum atomic E-state index is 0.703. The van der Waals surface area contributed by atoms with Crippen LogP contribution in [0, 0.1) is 18.8 Å². The van der Waals surface area contributed by atoms with Crippen molar-refractivity contribution in [3.05, 3.63) is 84.5 Å². The second-order valence-corrected chi connectivity index (χ2v) is 10.9. The highest BCUT2D eigenvalue weighted by Crippen LogP contribution is 2.29. The maximum absolute atomic E-state index is 3.96. The van der Waals surface area contributed by atoms with Crippen LogP contribution in [0.2, 0.25) is 0 Å². The van der Waals surface area contributed by atoms with Crippen molar-refractivity contribution in [2.45, 2.75) is 97.2 Å². The summed E-state index contributed by atoms with van der Waals surface area (Å²) in [5, 5.41) is 0.703. The molecule has 0 saturated carbocycles. The Morgan fingerprint density at radius 2 is 1.76 bits per heavy atom. The van der Waals surface area contributed by atoms with E-state index < -0.39 is 0 Å². The van der Waals surface area contributed by atoms with Crippen molar-refractivity contribution >= 4 is 11.8 Å². The van der Waals surface area contributed by atoms with Gasteiger partial charge in [-0.25, -0.2) is 0 Å². The van der Waals surface area contributed by atoms with Gasteiger partial charge in [-0.1, -0.05) is 120 Å². The predicted octanol–water partition coefficient (Wildman–Crippen LogP) is 10.3. The second kappa shape index (κ2) is 18.9. The van der Waals surface area contributed by atoms with Gasteiger partial charge in [-0.15, -0.1) is 6.58 Å². The lowest BCUT2D eigenvalue weighted by Gasteiger charge is -2.25. The first-order valence-corrected chi connectivity index (χ1v) is 14.3. The fourth-order valence-corrected chi connectivity index (χ4v) is 5.68. The van der Waals surface area contributed by atoms with Gasteiger partial charge >= 0.3 is 0 Å². The van der Waals surface area contributed by atoms with Gasteiger partial charge in [0.25, 0.3) is 0 Å². The third-order valence-electron chi connectivity index (χ3n) is 6.60. The summed E-state index contributed by atoms with van der Waals surface area (Å²) in [6.45, 7) is 17.1. The average Bonchev–Trinajstić information content (AvgIpc) is 2.80.